The van der Waals surface area contributed by atoms with Gasteiger partial charge in [0.1, 0.15) is 18.5 Å². The minimum atomic E-state index is -0.329. The van der Waals surface area contributed by atoms with Gasteiger partial charge in [-0.15, -0.1) is 0 Å². The van der Waals surface area contributed by atoms with Gasteiger partial charge in [0.25, 0.3) is 0 Å². The van der Waals surface area contributed by atoms with E-state index in [0.29, 0.717) is 12.2 Å². The van der Waals surface area contributed by atoms with Gasteiger partial charge in [0.15, 0.2) is 0 Å². The third kappa shape index (κ3) is 1.71. The lowest BCUT2D eigenvalue weighted by Gasteiger charge is -2.04. The van der Waals surface area contributed by atoms with Crippen molar-refractivity contribution in [2.45, 2.75) is 6.54 Å². The molecule has 0 saturated carbocycles. The molecule has 0 aliphatic rings. The van der Waals surface area contributed by atoms with Gasteiger partial charge in [0.2, 0.25) is 0 Å². The Morgan fingerprint density at radius 1 is 1.43 bits per heavy atom. The molecule has 0 radical (unpaired) electrons. The van der Waals surface area contributed by atoms with E-state index in [1.807, 2.05) is 0 Å². The lowest BCUT2D eigenvalue weighted by atomic mass is 10.2. The normalized spacial score (nSPS) is 10.4. The van der Waals surface area contributed by atoms with Crippen LogP contribution in [0.4, 0.5) is 10.1 Å². The van der Waals surface area contributed by atoms with Crippen molar-refractivity contribution in [3.05, 3.63) is 42.2 Å². The summed E-state index contributed by atoms with van der Waals surface area (Å²) in [5.41, 5.74) is 6.90. The summed E-state index contributed by atoms with van der Waals surface area (Å²) in [6, 6.07) is 4.32. The highest BCUT2D eigenvalue weighted by molar-refractivity contribution is 5.46. The smallest absolute Gasteiger partial charge is 0.137 e. The van der Waals surface area contributed by atoms with E-state index >= 15 is 0 Å². The van der Waals surface area contributed by atoms with Crippen molar-refractivity contribution >= 4 is 5.69 Å². The van der Waals surface area contributed by atoms with E-state index in [4.69, 9.17) is 5.73 Å². The molecular weight excluding hydrogens is 183 g/mol. The van der Waals surface area contributed by atoms with Crippen LogP contribution in [0.15, 0.2) is 30.9 Å². The molecule has 0 aliphatic heterocycles. The van der Waals surface area contributed by atoms with Crippen LogP contribution in [0.1, 0.15) is 5.56 Å². The van der Waals surface area contributed by atoms with Gasteiger partial charge in [-0.25, -0.2) is 14.1 Å². The predicted octanol–water partition coefficient (Wildman–Crippen LogP) is 1.05. The van der Waals surface area contributed by atoms with E-state index in [9.17, 15) is 4.39 Å². The van der Waals surface area contributed by atoms with Crippen LogP contribution in [0.2, 0.25) is 0 Å². The SMILES string of the molecule is Nc1cc(F)ccc1Cn1cncn1. The number of aromatic nitrogens is 3. The molecule has 0 unspecified atom stereocenters. The Labute approximate surface area is 80.2 Å². The quantitative estimate of drug-likeness (QED) is 0.723. The van der Waals surface area contributed by atoms with Crippen molar-refractivity contribution in [3.8, 4) is 0 Å². The number of hydrogen-bond donors (Lipinski definition) is 1. The van der Waals surface area contributed by atoms with Gasteiger partial charge in [-0.3, -0.25) is 0 Å². The Balaban J connectivity index is 2.25. The highest BCUT2D eigenvalue weighted by Crippen LogP contribution is 2.13. The molecule has 0 aliphatic carbocycles. The van der Waals surface area contributed by atoms with Crippen molar-refractivity contribution in [2.24, 2.45) is 0 Å². The van der Waals surface area contributed by atoms with Crippen LogP contribution in [0.3, 0.4) is 0 Å². The summed E-state index contributed by atoms with van der Waals surface area (Å²) < 4.78 is 14.3. The lowest BCUT2D eigenvalue weighted by Crippen LogP contribution is -2.03. The zero-order valence-electron chi connectivity index (χ0n) is 7.39. The fourth-order valence-electron chi connectivity index (χ4n) is 1.20. The van der Waals surface area contributed by atoms with E-state index < -0.39 is 0 Å². The molecule has 0 atom stereocenters. The number of nitrogen functional groups attached to an aromatic ring is 1. The number of nitrogens with two attached hydrogens (primary N) is 1. The Kier molecular flexibility index (Phi) is 2.14. The minimum Gasteiger partial charge on any atom is -0.398 e. The first-order valence-corrected chi connectivity index (χ1v) is 4.12. The Hall–Kier alpha value is -1.91. The van der Waals surface area contributed by atoms with Crippen LogP contribution < -0.4 is 5.73 Å². The molecule has 72 valence electrons. The number of nitrogens with zero attached hydrogens (tertiary/aromatic N) is 3. The topological polar surface area (TPSA) is 56.7 Å². The third-order valence-electron chi connectivity index (χ3n) is 1.91. The Morgan fingerprint density at radius 3 is 2.93 bits per heavy atom. The maximum atomic E-state index is 12.7. The molecular formula is C9H9FN4. The second-order valence-corrected chi connectivity index (χ2v) is 2.94. The minimum absolute atomic E-state index is 0.329. The summed E-state index contributed by atoms with van der Waals surface area (Å²) in [6.07, 6.45) is 3.03. The van der Waals surface area contributed by atoms with E-state index in [0.717, 1.165) is 5.56 Å². The number of benzene rings is 1. The molecule has 0 fully saturated rings. The maximum Gasteiger partial charge on any atom is 0.137 e. The van der Waals surface area contributed by atoms with Crippen molar-refractivity contribution in [2.75, 3.05) is 5.73 Å². The summed E-state index contributed by atoms with van der Waals surface area (Å²) in [7, 11) is 0. The van der Waals surface area contributed by atoms with E-state index in [2.05, 4.69) is 10.1 Å². The molecule has 0 saturated heterocycles. The van der Waals surface area contributed by atoms with Crippen LogP contribution in [0.25, 0.3) is 0 Å². The highest BCUT2D eigenvalue weighted by Gasteiger charge is 2.01. The fourth-order valence-corrected chi connectivity index (χ4v) is 1.20. The zero-order valence-corrected chi connectivity index (χ0v) is 7.39. The van der Waals surface area contributed by atoms with Crippen LogP contribution in [0, 0.1) is 5.82 Å². The molecule has 1 aromatic heterocycles. The Bertz CT molecular complexity index is 424. The molecule has 1 heterocycles. The first kappa shape index (κ1) is 8.68. The second kappa shape index (κ2) is 3.45. The van der Waals surface area contributed by atoms with Crippen LogP contribution in [-0.4, -0.2) is 14.8 Å². The average Bonchev–Trinajstić information content (AvgIpc) is 2.62. The van der Waals surface area contributed by atoms with Gasteiger partial charge in [-0.05, 0) is 17.7 Å². The van der Waals surface area contributed by atoms with Crippen molar-refractivity contribution in [1.82, 2.24) is 14.8 Å². The van der Waals surface area contributed by atoms with Gasteiger partial charge in [-0.1, -0.05) is 6.07 Å². The highest BCUT2D eigenvalue weighted by atomic mass is 19.1. The largest absolute Gasteiger partial charge is 0.398 e. The predicted molar refractivity (Wildman–Crippen MR) is 49.9 cm³/mol. The number of rotatable bonds is 2. The van der Waals surface area contributed by atoms with Gasteiger partial charge in [0, 0.05) is 5.69 Å². The van der Waals surface area contributed by atoms with Crippen LogP contribution in [-0.2, 0) is 6.54 Å². The number of anilines is 1. The summed E-state index contributed by atoms with van der Waals surface area (Å²) in [5, 5.41) is 3.93. The third-order valence-corrected chi connectivity index (χ3v) is 1.91. The van der Waals surface area contributed by atoms with Crippen molar-refractivity contribution in [1.29, 1.82) is 0 Å². The van der Waals surface area contributed by atoms with Crippen molar-refractivity contribution < 1.29 is 4.39 Å². The maximum absolute atomic E-state index is 12.7. The molecule has 2 N–H and O–H groups in total. The fraction of sp³-hybridized carbons (Fsp3) is 0.111. The zero-order chi connectivity index (χ0) is 9.97. The molecule has 14 heavy (non-hydrogen) atoms. The van der Waals surface area contributed by atoms with Gasteiger partial charge in [-0.2, -0.15) is 5.10 Å². The molecule has 0 amide bonds. The molecule has 2 aromatic rings. The van der Waals surface area contributed by atoms with Crippen LogP contribution in [0.5, 0.6) is 0 Å². The van der Waals surface area contributed by atoms with Gasteiger partial charge >= 0.3 is 0 Å². The summed E-state index contributed by atoms with van der Waals surface area (Å²) in [5.74, 6) is -0.329. The van der Waals surface area contributed by atoms with Crippen LogP contribution >= 0.6 is 0 Å². The second-order valence-electron chi connectivity index (χ2n) is 2.94. The summed E-state index contributed by atoms with van der Waals surface area (Å²) in [4.78, 5) is 3.80. The standard InChI is InChI=1S/C9H9FN4/c10-8-2-1-7(9(11)3-8)4-14-6-12-5-13-14/h1-3,5-6H,4,11H2. The number of hydrogen-bond acceptors (Lipinski definition) is 3. The number of halogens is 1. The molecule has 5 heteroatoms. The monoisotopic (exact) mass is 192 g/mol. The molecule has 1 aromatic carbocycles. The molecule has 2 rings (SSSR count). The molecule has 4 nitrogen and oxygen atoms in total. The lowest BCUT2D eigenvalue weighted by molar-refractivity contribution is 0.625. The van der Waals surface area contributed by atoms with Gasteiger partial charge in [0.05, 0.1) is 6.54 Å². The summed E-state index contributed by atoms with van der Waals surface area (Å²) in [6.45, 7) is 0.506. The van der Waals surface area contributed by atoms with Crippen molar-refractivity contribution in [3.63, 3.8) is 0 Å². The Morgan fingerprint density at radius 2 is 2.29 bits per heavy atom. The average molecular weight is 192 g/mol. The molecule has 0 bridgehead atoms. The van der Waals surface area contributed by atoms with E-state index in [1.165, 1.54) is 18.5 Å². The van der Waals surface area contributed by atoms with Gasteiger partial charge < -0.3 is 5.73 Å². The first-order valence-electron chi connectivity index (χ1n) is 4.12. The first-order chi connectivity index (χ1) is 6.75. The van der Waals surface area contributed by atoms with E-state index in [-0.39, 0.29) is 5.82 Å². The van der Waals surface area contributed by atoms with E-state index in [1.54, 1.807) is 17.1 Å². The summed E-state index contributed by atoms with van der Waals surface area (Å²) >= 11 is 0. The molecule has 0 spiro atoms.